The van der Waals surface area contributed by atoms with Gasteiger partial charge in [0.15, 0.2) is 5.82 Å². The molecule has 2 aliphatic rings. The molecular weight excluding hydrogens is 228 g/mol. The highest BCUT2D eigenvalue weighted by Gasteiger charge is 2.51. The van der Waals surface area contributed by atoms with Crippen molar-refractivity contribution >= 4 is 11.5 Å². The third kappa shape index (κ3) is 1.29. The molecule has 0 unspecified atom stereocenters. The molecule has 2 aromatic rings. The van der Waals surface area contributed by atoms with E-state index in [2.05, 4.69) is 20.1 Å². The summed E-state index contributed by atoms with van der Waals surface area (Å²) in [6.45, 7) is 3.71. The van der Waals surface area contributed by atoms with E-state index in [0.29, 0.717) is 5.92 Å². The number of hydrogen-bond donors (Lipinski definition) is 1. The van der Waals surface area contributed by atoms with Gasteiger partial charge in [-0.05, 0) is 25.7 Å². The summed E-state index contributed by atoms with van der Waals surface area (Å²) in [6.07, 6.45) is 6.26. The summed E-state index contributed by atoms with van der Waals surface area (Å²) in [5, 5.41) is 8.29. The standard InChI is InChI=1S/C12H16N6/c1-8-15-16-11-10(14-4-5-18(8)11)17-6-12(13,7-17)9-2-3-9/h4-5,9H,2-3,6-7,13H2,1H3. The molecule has 1 aliphatic heterocycles. The van der Waals surface area contributed by atoms with Crippen LogP contribution in [0.3, 0.4) is 0 Å². The molecule has 0 spiro atoms. The van der Waals surface area contributed by atoms with Gasteiger partial charge in [-0.3, -0.25) is 4.40 Å². The minimum atomic E-state index is 0.00355. The molecule has 1 aliphatic carbocycles. The first-order valence-electron chi connectivity index (χ1n) is 6.37. The summed E-state index contributed by atoms with van der Waals surface area (Å²) in [5.74, 6) is 2.50. The van der Waals surface area contributed by atoms with Gasteiger partial charge in [-0.25, -0.2) is 4.98 Å². The molecule has 2 fully saturated rings. The second-order valence-electron chi connectivity index (χ2n) is 5.56. The first-order valence-corrected chi connectivity index (χ1v) is 6.37. The number of nitrogens with two attached hydrogens (primary N) is 1. The van der Waals surface area contributed by atoms with Crippen molar-refractivity contribution in [3.05, 3.63) is 18.2 Å². The zero-order valence-corrected chi connectivity index (χ0v) is 10.4. The second-order valence-corrected chi connectivity index (χ2v) is 5.56. The van der Waals surface area contributed by atoms with Gasteiger partial charge in [0.1, 0.15) is 5.82 Å². The Labute approximate surface area is 105 Å². The predicted octanol–water partition coefficient (Wildman–Crippen LogP) is 0.360. The molecule has 0 bridgehead atoms. The van der Waals surface area contributed by atoms with Crippen molar-refractivity contribution < 1.29 is 0 Å². The number of aryl methyl sites for hydroxylation is 1. The van der Waals surface area contributed by atoms with Gasteiger partial charge >= 0.3 is 0 Å². The number of fused-ring (bicyclic) bond motifs is 1. The minimum absolute atomic E-state index is 0.00355. The summed E-state index contributed by atoms with van der Waals surface area (Å²) < 4.78 is 1.97. The maximum absolute atomic E-state index is 6.37. The largest absolute Gasteiger partial charge is 0.350 e. The highest BCUT2D eigenvalue weighted by molar-refractivity contribution is 5.66. The first-order chi connectivity index (χ1) is 8.67. The number of anilines is 1. The van der Waals surface area contributed by atoms with Crippen LogP contribution in [0.5, 0.6) is 0 Å². The fourth-order valence-electron chi connectivity index (χ4n) is 2.88. The number of aromatic nitrogens is 4. The normalized spacial score (nSPS) is 22.2. The molecule has 1 saturated carbocycles. The van der Waals surface area contributed by atoms with Gasteiger partial charge in [0, 0.05) is 25.5 Å². The van der Waals surface area contributed by atoms with Gasteiger partial charge in [0.25, 0.3) is 0 Å². The Morgan fingerprint density at radius 3 is 2.83 bits per heavy atom. The van der Waals surface area contributed by atoms with Crippen molar-refractivity contribution in [2.75, 3.05) is 18.0 Å². The third-order valence-electron chi connectivity index (χ3n) is 4.14. The lowest BCUT2D eigenvalue weighted by molar-refractivity contribution is 0.289. The van der Waals surface area contributed by atoms with E-state index in [1.165, 1.54) is 12.8 Å². The van der Waals surface area contributed by atoms with Crippen LogP contribution in [-0.2, 0) is 0 Å². The van der Waals surface area contributed by atoms with Crippen LogP contribution in [-0.4, -0.2) is 38.2 Å². The van der Waals surface area contributed by atoms with Crippen LogP contribution >= 0.6 is 0 Å². The Hall–Kier alpha value is -1.69. The van der Waals surface area contributed by atoms with Crippen LogP contribution in [0.15, 0.2) is 12.4 Å². The highest BCUT2D eigenvalue weighted by Crippen LogP contribution is 2.44. The van der Waals surface area contributed by atoms with Crippen LogP contribution in [0.1, 0.15) is 18.7 Å². The van der Waals surface area contributed by atoms with Crippen LogP contribution < -0.4 is 10.6 Å². The smallest absolute Gasteiger partial charge is 0.203 e. The topological polar surface area (TPSA) is 72.3 Å². The summed E-state index contributed by atoms with van der Waals surface area (Å²) in [4.78, 5) is 6.64. The van der Waals surface area contributed by atoms with Crippen LogP contribution in [0.25, 0.3) is 5.65 Å². The number of rotatable bonds is 2. The molecule has 0 radical (unpaired) electrons. The third-order valence-corrected chi connectivity index (χ3v) is 4.14. The fourth-order valence-corrected chi connectivity index (χ4v) is 2.88. The van der Waals surface area contributed by atoms with Gasteiger partial charge in [0.05, 0.1) is 5.54 Å². The van der Waals surface area contributed by atoms with E-state index >= 15 is 0 Å². The van der Waals surface area contributed by atoms with E-state index in [9.17, 15) is 0 Å². The molecule has 18 heavy (non-hydrogen) atoms. The SMILES string of the molecule is Cc1nnc2c(N3CC(N)(C4CC4)C3)nccn12. The van der Waals surface area contributed by atoms with E-state index in [-0.39, 0.29) is 5.54 Å². The van der Waals surface area contributed by atoms with Crippen LogP contribution in [0.2, 0.25) is 0 Å². The van der Waals surface area contributed by atoms with Gasteiger partial charge in [-0.15, -0.1) is 10.2 Å². The monoisotopic (exact) mass is 244 g/mol. The lowest BCUT2D eigenvalue weighted by Crippen LogP contribution is -2.69. The summed E-state index contributed by atoms with van der Waals surface area (Å²) in [5.41, 5.74) is 7.20. The number of nitrogens with zero attached hydrogens (tertiary/aromatic N) is 5. The van der Waals surface area contributed by atoms with Gasteiger partial charge in [0.2, 0.25) is 5.65 Å². The molecule has 0 amide bonds. The molecule has 0 aromatic carbocycles. The van der Waals surface area contributed by atoms with E-state index in [1.807, 2.05) is 17.5 Å². The zero-order valence-electron chi connectivity index (χ0n) is 10.4. The van der Waals surface area contributed by atoms with Gasteiger partial charge in [-0.1, -0.05) is 0 Å². The molecule has 3 heterocycles. The van der Waals surface area contributed by atoms with E-state index < -0.39 is 0 Å². The Morgan fingerprint density at radius 1 is 1.33 bits per heavy atom. The maximum Gasteiger partial charge on any atom is 0.203 e. The second kappa shape index (κ2) is 3.20. The Morgan fingerprint density at radius 2 is 2.11 bits per heavy atom. The van der Waals surface area contributed by atoms with Gasteiger partial charge < -0.3 is 10.6 Å². The van der Waals surface area contributed by atoms with Crippen molar-refractivity contribution in [2.45, 2.75) is 25.3 Å². The number of hydrogen-bond acceptors (Lipinski definition) is 5. The summed E-state index contributed by atoms with van der Waals surface area (Å²) in [6, 6.07) is 0. The highest BCUT2D eigenvalue weighted by atomic mass is 15.3. The molecule has 1 saturated heterocycles. The molecular formula is C12H16N6. The Balaban J connectivity index is 1.68. The van der Waals surface area contributed by atoms with E-state index in [4.69, 9.17) is 5.73 Å². The molecule has 0 atom stereocenters. The first kappa shape index (κ1) is 10.3. The summed E-state index contributed by atoms with van der Waals surface area (Å²) in [7, 11) is 0. The molecule has 2 N–H and O–H groups in total. The van der Waals surface area contributed by atoms with Crippen molar-refractivity contribution in [3.63, 3.8) is 0 Å². The quantitative estimate of drug-likeness (QED) is 0.825. The van der Waals surface area contributed by atoms with Crippen molar-refractivity contribution in [1.29, 1.82) is 0 Å². The van der Waals surface area contributed by atoms with Gasteiger partial charge in [-0.2, -0.15) is 0 Å². The van der Waals surface area contributed by atoms with Crippen molar-refractivity contribution in [3.8, 4) is 0 Å². The molecule has 94 valence electrons. The molecule has 2 aromatic heterocycles. The predicted molar refractivity (Wildman–Crippen MR) is 67.4 cm³/mol. The lowest BCUT2D eigenvalue weighted by Gasteiger charge is -2.48. The minimum Gasteiger partial charge on any atom is -0.350 e. The van der Waals surface area contributed by atoms with E-state index in [0.717, 1.165) is 30.4 Å². The Kier molecular flexibility index (Phi) is 1.82. The fraction of sp³-hybridized carbons (Fsp3) is 0.583. The zero-order chi connectivity index (χ0) is 12.3. The summed E-state index contributed by atoms with van der Waals surface area (Å²) >= 11 is 0. The average molecular weight is 244 g/mol. The average Bonchev–Trinajstić information content (AvgIpc) is 3.11. The lowest BCUT2D eigenvalue weighted by atomic mass is 9.86. The van der Waals surface area contributed by atoms with Crippen molar-refractivity contribution in [1.82, 2.24) is 19.6 Å². The molecule has 4 rings (SSSR count). The van der Waals surface area contributed by atoms with Crippen molar-refractivity contribution in [2.24, 2.45) is 11.7 Å². The Bertz CT molecular complexity index is 608. The van der Waals surface area contributed by atoms with Crippen LogP contribution in [0, 0.1) is 12.8 Å². The van der Waals surface area contributed by atoms with Crippen LogP contribution in [0.4, 0.5) is 5.82 Å². The molecule has 6 heteroatoms. The maximum atomic E-state index is 6.37. The molecule has 6 nitrogen and oxygen atoms in total. The van der Waals surface area contributed by atoms with E-state index in [1.54, 1.807) is 6.20 Å².